The van der Waals surface area contributed by atoms with Crippen LogP contribution >= 0.6 is 0 Å². The van der Waals surface area contributed by atoms with Crippen molar-refractivity contribution in [3.63, 3.8) is 0 Å². The van der Waals surface area contributed by atoms with E-state index >= 15 is 0 Å². The molecule has 52 heavy (non-hydrogen) atoms. The number of aliphatic hydroxyl groups is 2. The maximum Gasteiger partial charge on any atom is 0.220 e. The minimum atomic E-state index is -0.862. The van der Waals surface area contributed by atoms with E-state index in [-0.39, 0.29) is 12.5 Å². The van der Waals surface area contributed by atoms with Crippen LogP contribution in [0.15, 0.2) is 85.1 Å². The molecule has 0 heterocycles. The molecule has 0 rings (SSSR count). The second kappa shape index (κ2) is 43.0. The molecule has 0 aliphatic heterocycles. The van der Waals surface area contributed by atoms with Gasteiger partial charge in [0.1, 0.15) is 0 Å². The SMILES string of the molecule is CC/C=C\C/C=C\C/C=C\C/C=C\C/C=C\C/C=C\CCCCC(=O)NC(CO)C(O)/C=C/CCCCCCCCCCCCCCCCCCC. The second-order valence-corrected chi connectivity index (χ2v) is 14.4. The fraction of sp³-hybridized carbons (Fsp3) is 0.688. The fourth-order valence-corrected chi connectivity index (χ4v) is 6.06. The lowest BCUT2D eigenvalue weighted by atomic mass is 10.0. The van der Waals surface area contributed by atoms with E-state index in [0.717, 1.165) is 70.6 Å². The molecule has 0 saturated heterocycles. The third kappa shape index (κ3) is 38.8. The van der Waals surface area contributed by atoms with Gasteiger partial charge in [-0.25, -0.2) is 0 Å². The van der Waals surface area contributed by atoms with Gasteiger partial charge in [0.15, 0.2) is 0 Å². The summed E-state index contributed by atoms with van der Waals surface area (Å²) in [6.07, 6.45) is 62.6. The highest BCUT2D eigenvalue weighted by Crippen LogP contribution is 2.14. The summed E-state index contributed by atoms with van der Waals surface area (Å²) < 4.78 is 0. The van der Waals surface area contributed by atoms with Crippen molar-refractivity contribution < 1.29 is 15.0 Å². The molecule has 0 saturated carbocycles. The first-order chi connectivity index (χ1) is 25.7. The molecule has 298 valence electrons. The predicted molar refractivity (Wildman–Crippen MR) is 230 cm³/mol. The zero-order valence-corrected chi connectivity index (χ0v) is 34.0. The summed E-state index contributed by atoms with van der Waals surface area (Å²) >= 11 is 0. The lowest BCUT2D eigenvalue weighted by Gasteiger charge is -2.19. The summed E-state index contributed by atoms with van der Waals surface area (Å²) in [7, 11) is 0. The Morgan fingerprint density at radius 2 is 0.846 bits per heavy atom. The number of hydrogen-bond donors (Lipinski definition) is 3. The van der Waals surface area contributed by atoms with Crippen LogP contribution in [0.1, 0.15) is 194 Å². The van der Waals surface area contributed by atoms with Crippen LogP contribution in [0.2, 0.25) is 0 Å². The number of unbranched alkanes of at least 4 members (excludes halogenated alkanes) is 19. The molecule has 4 nitrogen and oxygen atoms in total. The van der Waals surface area contributed by atoms with Gasteiger partial charge in [-0.15, -0.1) is 0 Å². The molecule has 2 unspecified atom stereocenters. The van der Waals surface area contributed by atoms with Crippen molar-refractivity contribution in [2.75, 3.05) is 6.61 Å². The number of carbonyl (C=O) groups excluding carboxylic acids is 1. The van der Waals surface area contributed by atoms with Crippen LogP contribution in [-0.2, 0) is 4.79 Å². The quantitative estimate of drug-likeness (QED) is 0.0439. The summed E-state index contributed by atoms with van der Waals surface area (Å²) in [6, 6.07) is -0.650. The Morgan fingerprint density at radius 3 is 1.27 bits per heavy atom. The van der Waals surface area contributed by atoms with Crippen molar-refractivity contribution in [3.05, 3.63) is 85.1 Å². The highest BCUT2D eigenvalue weighted by molar-refractivity contribution is 5.76. The molecule has 0 fully saturated rings. The van der Waals surface area contributed by atoms with Gasteiger partial charge in [0, 0.05) is 6.42 Å². The van der Waals surface area contributed by atoms with Crippen molar-refractivity contribution in [1.29, 1.82) is 0 Å². The first kappa shape index (κ1) is 49.6. The topological polar surface area (TPSA) is 69.6 Å². The number of amides is 1. The van der Waals surface area contributed by atoms with Crippen LogP contribution in [0.5, 0.6) is 0 Å². The van der Waals surface area contributed by atoms with Crippen LogP contribution < -0.4 is 5.32 Å². The van der Waals surface area contributed by atoms with Crippen LogP contribution in [-0.4, -0.2) is 34.9 Å². The van der Waals surface area contributed by atoms with Gasteiger partial charge < -0.3 is 15.5 Å². The summed E-state index contributed by atoms with van der Waals surface area (Å²) in [4.78, 5) is 12.4. The van der Waals surface area contributed by atoms with Crippen LogP contribution in [0, 0.1) is 0 Å². The normalized spacial score (nSPS) is 13.8. The van der Waals surface area contributed by atoms with Crippen LogP contribution in [0.3, 0.4) is 0 Å². The molecule has 0 spiro atoms. The van der Waals surface area contributed by atoms with Crippen LogP contribution in [0.25, 0.3) is 0 Å². The Morgan fingerprint density at radius 1 is 0.481 bits per heavy atom. The molecule has 3 N–H and O–H groups in total. The van der Waals surface area contributed by atoms with Gasteiger partial charge in [0.05, 0.1) is 18.8 Å². The standard InChI is InChI=1S/C48H83NO3/c1-3-5-7-9-11-13-15-17-19-21-23-24-26-28-30-32-34-36-38-40-42-44-48(52)49-46(45-50)47(51)43-41-39-37-35-33-31-29-27-25-22-20-18-16-14-12-10-8-6-4-2/h5,7,11,13,17,19,23-24,28,30,34,36,41,43,46-47,50-51H,3-4,6,8-10,12,14-16,18,20-22,25-27,29,31-33,35,37-40,42,44-45H2,1-2H3,(H,49,52)/b7-5-,13-11-,19-17-,24-23-,30-28-,36-34-,43-41+. The maximum atomic E-state index is 12.4. The maximum absolute atomic E-state index is 12.4. The molecular weight excluding hydrogens is 639 g/mol. The highest BCUT2D eigenvalue weighted by atomic mass is 16.3. The molecule has 0 aromatic rings. The molecule has 4 heteroatoms. The number of hydrogen-bond acceptors (Lipinski definition) is 3. The molecular formula is C48H83NO3. The monoisotopic (exact) mass is 722 g/mol. The van der Waals surface area contributed by atoms with E-state index in [1.54, 1.807) is 6.08 Å². The third-order valence-electron chi connectivity index (χ3n) is 9.38. The van der Waals surface area contributed by atoms with Gasteiger partial charge >= 0.3 is 0 Å². The second-order valence-electron chi connectivity index (χ2n) is 14.4. The number of nitrogens with one attached hydrogen (secondary N) is 1. The summed E-state index contributed by atoms with van der Waals surface area (Å²) in [5, 5.41) is 23.0. The van der Waals surface area contributed by atoms with Crippen molar-refractivity contribution in [2.24, 2.45) is 0 Å². The minimum Gasteiger partial charge on any atom is -0.394 e. The van der Waals surface area contributed by atoms with Crippen molar-refractivity contribution in [1.82, 2.24) is 5.32 Å². The Hall–Kier alpha value is -2.43. The molecule has 0 bridgehead atoms. The summed E-state index contributed by atoms with van der Waals surface area (Å²) in [5.74, 6) is -0.109. The lowest BCUT2D eigenvalue weighted by molar-refractivity contribution is -0.123. The first-order valence-corrected chi connectivity index (χ1v) is 21.8. The summed E-state index contributed by atoms with van der Waals surface area (Å²) in [6.45, 7) is 4.17. The number of aliphatic hydroxyl groups excluding tert-OH is 2. The van der Waals surface area contributed by atoms with E-state index in [1.807, 2.05) is 6.08 Å². The fourth-order valence-electron chi connectivity index (χ4n) is 6.06. The molecule has 0 aromatic heterocycles. The van der Waals surface area contributed by atoms with E-state index in [0.29, 0.717) is 6.42 Å². The molecule has 1 amide bonds. The Bertz CT molecular complexity index is 957. The lowest BCUT2D eigenvalue weighted by Crippen LogP contribution is -2.45. The molecule has 0 radical (unpaired) electrons. The Balaban J connectivity index is 3.71. The number of allylic oxidation sites excluding steroid dienone is 13. The first-order valence-electron chi connectivity index (χ1n) is 21.8. The van der Waals surface area contributed by atoms with Gasteiger partial charge in [-0.3, -0.25) is 4.79 Å². The van der Waals surface area contributed by atoms with E-state index in [9.17, 15) is 15.0 Å². The molecule has 0 aromatic carbocycles. The number of rotatable bonds is 38. The van der Waals surface area contributed by atoms with E-state index in [2.05, 4.69) is 92.1 Å². The minimum absolute atomic E-state index is 0.109. The van der Waals surface area contributed by atoms with E-state index in [4.69, 9.17) is 0 Å². The Labute approximate surface area is 322 Å². The number of carbonyl (C=O) groups is 1. The van der Waals surface area contributed by atoms with Gasteiger partial charge in [-0.05, 0) is 70.6 Å². The average molecular weight is 722 g/mol. The van der Waals surface area contributed by atoms with Gasteiger partial charge in [-0.1, -0.05) is 202 Å². The average Bonchev–Trinajstić information content (AvgIpc) is 3.15. The largest absolute Gasteiger partial charge is 0.394 e. The van der Waals surface area contributed by atoms with E-state index in [1.165, 1.54) is 103 Å². The molecule has 2 atom stereocenters. The molecule has 0 aliphatic rings. The smallest absolute Gasteiger partial charge is 0.220 e. The van der Waals surface area contributed by atoms with Gasteiger partial charge in [0.25, 0.3) is 0 Å². The van der Waals surface area contributed by atoms with Gasteiger partial charge in [0.2, 0.25) is 5.91 Å². The van der Waals surface area contributed by atoms with E-state index < -0.39 is 12.1 Å². The zero-order valence-electron chi connectivity index (χ0n) is 34.0. The molecule has 0 aliphatic carbocycles. The van der Waals surface area contributed by atoms with Gasteiger partial charge in [-0.2, -0.15) is 0 Å². The van der Waals surface area contributed by atoms with Crippen molar-refractivity contribution in [2.45, 2.75) is 206 Å². The van der Waals surface area contributed by atoms with Crippen molar-refractivity contribution >= 4 is 5.91 Å². The summed E-state index contributed by atoms with van der Waals surface area (Å²) in [5.41, 5.74) is 0. The van der Waals surface area contributed by atoms with Crippen molar-refractivity contribution in [3.8, 4) is 0 Å². The third-order valence-corrected chi connectivity index (χ3v) is 9.38. The zero-order chi connectivity index (χ0) is 37.8. The highest BCUT2D eigenvalue weighted by Gasteiger charge is 2.17. The predicted octanol–water partition coefficient (Wildman–Crippen LogP) is 13.7. The Kier molecular flexibility index (Phi) is 41.0. The van der Waals surface area contributed by atoms with Crippen LogP contribution in [0.4, 0.5) is 0 Å².